The zero-order chi connectivity index (χ0) is 12.0. The van der Waals surface area contributed by atoms with Crippen molar-refractivity contribution in [1.29, 1.82) is 0 Å². The van der Waals surface area contributed by atoms with Crippen LogP contribution in [0.2, 0.25) is 0 Å². The minimum atomic E-state index is -0.690. The molecule has 0 spiro atoms. The molecule has 2 atom stereocenters. The van der Waals surface area contributed by atoms with Crippen LogP contribution in [0.25, 0.3) is 0 Å². The van der Waals surface area contributed by atoms with Gasteiger partial charge in [0, 0.05) is 32.2 Å². The molecule has 16 heavy (non-hydrogen) atoms. The lowest BCUT2D eigenvalue weighted by atomic mass is 9.94. The van der Waals surface area contributed by atoms with Crippen molar-refractivity contribution >= 4 is 5.97 Å². The smallest absolute Gasteiger partial charge is 0.307 e. The number of hydrogen-bond donors (Lipinski definition) is 3. The van der Waals surface area contributed by atoms with Crippen molar-refractivity contribution in [3.63, 3.8) is 0 Å². The van der Waals surface area contributed by atoms with E-state index < -0.39 is 5.97 Å². The standard InChI is InChI=1S/C11H23N3O2/c1-2-4-13-10-6-9(11(15)16)7-14(8-10)5-3-12/h9-10,13H,2-8,12H2,1H3,(H,15,16). The zero-order valence-corrected chi connectivity index (χ0v) is 9.98. The molecule has 5 nitrogen and oxygen atoms in total. The molecule has 0 amide bonds. The number of rotatable bonds is 6. The van der Waals surface area contributed by atoms with Crippen LogP contribution >= 0.6 is 0 Å². The average Bonchev–Trinajstić information content (AvgIpc) is 2.26. The van der Waals surface area contributed by atoms with E-state index in [4.69, 9.17) is 10.8 Å². The molecule has 1 rings (SSSR count). The summed E-state index contributed by atoms with van der Waals surface area (Å²) in [5, 5.41) is 12.5. The van der Waals surface area contributed by atoms with Gasteiger partial charge in [-0.05, 0) is 19.4 Å². The Balaban J connectivity index is 2.48. The molecule has 1 fully saturated rings. The summed E-state index contributed by atoms with van der Waals surface area (Å²) in [5.74, 6) is -0.945. The van der Waals surface area contributed by atoms with Gasteiger partial charge in [-0.1, -0.05) is 6.92 Å². The van der Waals surface area contributed by atoms with Crippen LogP contribution in [0.3, 0.4) is 0 Å². The second-order valence-corrected chi connectivity index (χ2v) is 4.47. The maximum Gasteiger partial charge on any atom is 0.307 e. The minimum absolute atomic E-state index is 0.255. The van der Waals surface area contributed by atoms with Gasteiger partial charge in [0.05, 0.1) is 5.92 Å². The fraction of sp³-hybridized carbons (Fsp3) is 0.909. The number of carbonyl (C=O) groups is 1. The maximum atomic E-state index is 11.0. The summed E-state index contributed by atoms with van der Waals surface area (Å²) in [6.07, 6.45) is 1.81. The first kappa shape index (κ1) is 13.4. The Morgan fingerprint density at radius 3 is 2.88 bits per heavy atom. The van der Waals surface area contributed by atoms with Crippen LogP contribution in [0.4, 0.5) is 0 Å². The van der Waals surface area contributed by atoms with E-state index in [2.05, 4.69) is 17.1 Å². The molecular weight excluding hydrogens is 206 g/mol. The van der Waals surface area contributed by atoms with E-state index in [-0.39, 0.29) is 5.92 Å². The predicted molar refractivity (Wildman–Crippen MR) is 63.3 cm³/mol. The van der Waals surface area contributed by atoms with E-state index >= 15 is 0 Å². The highest BCUT2D eigenvalue weighted by molar-refractivity contribution is 5.70. The first-order valence-corrected chi connectivity index (χ1v) is 6.06. The third kappa shape index (κ3) is 4.08. The van der Waals surface area contributed by atoms with Gasteiger partial charge in [0.1, 0.15) is 0 Å². The lowest BCUT2D eigenvalue weighted by Gasteiger charge is -2.36. The molecule has 1 aliphatic rings. The fourth-order valence-corrected chi connectivity index (χ4v) is 2.23. The van der Waals surface area contributed by atoms with Crippen LogP contribution in [0.15, 0.2) is 0 Å². The van der Waals surface area contributed by atoms with Gasteiger partial charge in [0.2, 0.25) is 0 Å². The van der Waals surface area contributed by atoms with E-state index in [1.807, 2.05) is 0 Å². The van der Waals surface area contributed by atoms with Gasteiger partial charge in [0.25, 0.3) is 0 Å². The highest BCUT2D eigenvalue weighted by atomic mass is 16.4. The van der Waals surface area contributed by atoms with Crippen molar-refractivity contribution in [3.05, 3.63) is 0 Å². The number of carboxylic acids is 1. The number of nitrogens with one attached hydrogen (secondary N) is 1. The molecule has 94 valence electrons. The summed E-state index contributed by atoms with van der Waals surface area (Å²) in [6.45, 7) is 5.99. The molecule has 1 heterocycles. The van der Waals surface area contributed by atoms with Crippen LogP contribution in [0.5, 0.6) is 0 Å². The lowest BCUT2D eigenvalue weighted by molar-refractivity contribution is -0.144. The second-order valence-electron chi connectivity index (χ2n) is 4.47. The molecule has 0 bridgehead atoms. The molecule has 5 heteroatoms. The Hall–Kier alpha value is -0.650. The third-order valence-electron chi connectivity index (χ3n) is 3.00. The fourth-order valence-electron chi connectivity index (χ4n) is 2.23. The average molecular weight is 229 g/mol. The topological polar surface area (TPSA) is 78.6 Å². The molecule has 1 aliphatic heterocycles. The number of hydrogen-bond acceptors (Lipinski definition) is 4. The Morgan fingerprint density at radius 1 is 1.56 bits per heavy atom. The number of piperidine rings is 1. The first-order chi connectivity index (χ1) is 7.67. The molecule has 4 N–H and O–H groups in total. The van der Waals surface area contributed by atoms with Gasteiger partial charge >= 0.3 is 5.97 Å². The molecular formula is C11H23N3O2. The van der Waals surface area contributed by atoms with E-state index in [1.165, 1.54) is 0 Å². The first-order valence-electron chi connectivity index (χ1n) is 6.06. The molecule has 0 aromatic heterocycles. The number of aliphatic carboxylic acids is 1. The lowest BCUT2D eigenvalue weighted by Crippen LogP contribution is -2.52. The molecule has 0 aliphatic carbocycles. The second kappa shape index (κ2) is 6.83. The number of carboxylic acid groups (broad SMARTS) is 1. The van der Waals surface area contributed by atoms with Gasteiger partial charge < -0.3 is 16.2 Å². The summed E-state index contributed by atoms with van der Waals surface area (Å²) in [7, 11) is 0. The quantitative estimate of drug-likeness (QED) is 0.584. The van der Waals surface area contributed by atoms with Crippen LogP contribution in [-0.4, -0.2) is 54.7 Å². The minimum Gasteiger partial charge on any atom is -0.481 e. The van der Waals surface area contributed by atoms with Gasteiger partial charge in [-0.3, -0.25) is 9.69 Å². The molecule has 0 saturated carbocycles. The molecule has 1 saturated heterocycles. The Labute approximate surface area is 97.0 Å². The SMILES string of the molecule is CCCNC1CC(C(=O)O)CN(CCN)C1. The highest BCUT2D eigenvalue weighted by Gasteiger charge is 2.30. The predicted octanol–water partition coefficient (Wildman–Crippen LogP) is -0.280. The molecule has 0 aromatic carbocycles. The van der Waals surface area contributed by atoms with E-state index in [1.54, 1.807) is 0 Å². The Kier molecular flexibility index (Phi) is 5.73. The summed E-state index contributed by atoms with van der Waals surface area (Å²) in [6, 6.07) is 0.293. The van der Waals surface area contributed by atoms with Crippen molar-refractivity contribution in [3.8, 4) is 0 Å². The number of nitrogens with two attached hydrogens (primary N) is 1. The van der Waals surface area contributed by atoms with Crippen molar-refractivity contribution in [2.75, 3.05) is 32.7 Å². The van der Waals surface area contributed by atoms with Gasteiger partial charge in [-0.25, -0.2) is 0 Å². The summed E-state index contributed by atoms with van der Waals surface area (Å²) in [5.41, 5.74) is 5.52. The largest absolute Gasteiger partial charge is 0.481 e. The van der Waals surface area contributed by atoms with Crippen molar-refractivity contribution in [1.82, 2.24) is 10.2 Å². The van der Waals surface area contributed by atoms with Gasteiger partial charge in [-0.2, -0.15) is 0 Å². The maximum absolute atomic E-state index is 11.0. The number of nitrogens with zero attached hydrogens (tertiary/aromatic N) is 1. The van der Waals surface area contributed by atoms with E-state index in [0.29, 0.717) is 19.1 Å². The van der Waals surface area contributed by atoms with Crippen LogP contribution in [0, 0.1) is 5.92 Å². The summed E-state index contributed by atoms with van der Waals surface area (Å²) < 4.78 is 0. The van der Waals surface area contributed by atoms with Gasteiger partial charge in [-0.15, -0.1) is 0 Å². The van der Waals surface area contributed by atoms with E-state index in [9.17, 15) is 4.79 Å². The van der Waals surface area contributed by atoms with Crippen molar-refractivity contribution < 1.29 is 9.90 Å². The molecule has 0 radical (unpaired) electrons. The van der Waals surface area contributed by atoms with Crippen molar-refractivity contribution in [2.45, 2.75) is 25.8 Å². The Morgan fingerprint density at radius 2 is 2.31 bits per heavy atom. The normalized spacial score (nSPS) is 26.9. The zero-order valence-electron chi connectivity index (χ0n) is 9.98. The highest BCUT2D eigenvalue weighted by Crippen LogP contribution is 2.16. The molecule has 0 aromatic rings. The number of likely N-dealkylation sites (tertiary alicyclic amines) is 1. The monoisotopic (exact) mass is 229 g/mol. The van der Waals surface area contributed by atoms with Crippen LogP contribution in [0.1, 0.15) is 19.8 Å². The van der Waals surface area contributed by atoms with E-state index in [0.717, 1.165) is 32.5 Å². The van der Waals surface area contributed by atoms with Crippen molar-refractivity contribution in [2.24, 2.45) is 11.7 Å². The summed E-state index contributed by atoms with van der Waals surface area (Å²) >= 11 is 0. The molecule has 2 unspecified atom stereocenters. The van der Waals surface area contributed by atoms with Crippen LogP contribution < -0.4 is 11.1 Å². The Bertz CT molecular complexity index is 223. The van der Waals surface area contributed by atoms with Crippen LogP contribution in [-0.2, 0) is 4.79 Å². The summed E-state index contributed by atoms with van der Waals surface area (Å²) in [4.78, 5) is 13.2. The van der Waals surface area contributed by atoms with Gasteiger partial charge in [0.15, 0.2) is 0 Å². The third-order valence-corrected chi connectivity index (χ3v) is 3.00.